The third-order valence-corrected chi connectivity index (χ3v) is 2.37. The van der Waals surface area contributed by atoms with Crippen molar-refractivity contribution in [2.24, 2.45) is 0 Å². The van der Waals surface area contributed by atoms with E-state index in [-0.39, 0.29) is 5.92 Å². The molecule has 0 aliphatic carbocycles. The van der Waals surface area contributed by atoms with E-state index in [4.69, 9.17) is 5.26 Å². The van der Waals surface area contributed by atoms with Crippen LogP contribution in [0.15, 0.2) is 23.1 Å². The van der Waals surface area contributed by atoms with Gasteiger partial charge in [-0.2, -0.15) is 5.26 Å². The number of aromatic hydroxyl groups is 1. The van der Waals surface area contributed by atoms with Crippen molar-refractivity contribution < 1.29 is 5.11 Å². The Balaban J connectivity index is 3.05. The molecule has 0 fully saturated rings. The number of phenols is 1. The normalized spacial score (nSPS) is 10.0. The highest BCUT2D eigenvalue weighted by Gasteiger charge is 2.06. The fourth-order valence-corrected chi connectivity index (χ4v) is 1.54. The largest absolute Gasteiger partial charge is 0.508 e. The number of thioether (sulfide) groups is 1. The molecule has 0 aliphatic rings. The van der Waals surface area contributed by atoms with Crippen LogP contribution in [0.5, 0.6) is 5.75 Å². The Morgan fingerprint density at radius 2 is 2.15 bits per heavy atom. The minimum absolute atomic E-state index is 0.277. The number of benzene rings is 1. The summed E-state index contributed by atoms with van der Waals surface area (Å²) in [6, 6.07) is 5.23. The van der Waals surface area contributed by atoms with E-state index in [0.29, 0.717) is 5.75 Å². The van der Waals surface area contributed by atoms with Gasteiger partial charge in [-0.1, -0.05) is 13.8 Å². The van der Waals surface area contributed by atoms with Gasteiger partial charge in [-0.3, -0.25) is 0 Å². The number of hydrogen-bond acceptors (Lipinski definition) is 3. The summed E-state index contributed by atoms with van der Waals surface area (Å²) >= 11 is 1.11. The number of hydrogen-bond donors (Lipinski definition) is 1. The number of nitriles is 1. The third kappa shape index (κ3) is 2.40. The van der Waals surface area contributed by atoms with E-state index in [1.54, 1.807) is 12.1 Å². The van der Waals surface area contributed by atoms with Crippen molar-refractivity contribution in [3.63, 3.8) is 0 Å². The minimum atomic E-state index is 0.277. The van der Waals surface area contributed by atoms with Gasteiger partial charge in [0, 0.05) is 4.90 Å². The number of phenolic OH excluding ortho intramolecular Hbond substituents is 1. The van der Waals surface area contributed by atoms with Gasteiger partial charge in [0.2, 0.25) is 0 Å². The molecular weight excluding hydrogens is 182 g/mol. The second-order valence-corrected chi connectivity index (χ2v) is 3.93. The maximum Gasteiger partial charge on any atom is 0.138 e. The van der Waals surface area contributed by atoms with Crippen molar-refractivity contribution in [1.29, 1.82) is 5.26 Å². The highest BCUT2D eigenvalue weighted by Crippen LogP contribution is 2.29. The average Bonchev–Trinajstić information content (AvgIpc) is 2.08. The summed E-state index contributed by atoms with van der Waals surface area (Å²) in [6.07, 6.45) is 0. The van der Waals surface area contributed by atoms with E-state index in [2.05, 4.69) is 0 Å². The Morgan fingerprint density at radius 3 is 2.69 bits per heavy atom. The molecule has 1 N–H and O–H groups in total. The van der Waals surface area contributed by atoms with Gasteiger partial charge in [0.25, 0.3) is 0 Å². The van der Waals surface area contributed by atoms with Crippen LogP contribution in [0.4, 0.5) is 0 Å². The summed E-state index contributed by atoms with van der Waals surface area (Å²) in [6.45, 7) is 4.02. The number of rotatable bonds is 2. The quantitative estimate of drug-likeness (QED) is 0.579. The van der Waals surface area contributed by atoms with Crippen molar-refractivity contribution in [3.05, 3.63) is 23.8 Å². The first-order valence-electron chi connectivity index (χ1n) is 4.04. The smallest absolute Gasteiger partial charge is 0.138 e. The van der Waals surface area contributed by atoms with Crippen LogP contribution in [0, 0.1) is 10.7 Å². The van der Waals surface area contributed by atoms with Crippen LogP contribution < -0.4 is 0 Å². The van der Waals surface area contributed by atoms with Gasteiger partial charge in [-0.25, -0.2) is 0 Å². The Kier molecular flexibility index (Phi) is 3.21. The van der Waals surface area contributed by atoms with E-state index in [1.807, 2.05) is 25.3 Å². The molecule has 0 spiro atoms. The Bertz CT molecular complexity index is 341. The molecule has 0 unspecified atom stereocenters. The molecular formula is C10H11NOS. The van der Waals surface area contributed by atoms with Crippen LogP contribution in [0.3, 0.4) is 0 Å². The van der Waals surface area contributed by atoms with Gasteiger partial charge in [0.1, 0.15) is 11.2 Å². The predicted molar refractivity (Wildman–Crippen MR) is 53.7 cm³/mol. The summed E-state index contributed by atoms with van der Waals surface area (Å²) in [5.74, 6) is 0.580. The minimum Gasteiger partial charge on any atom is -0.508 e. The van der Waals surface area contributed by atoms with E-state index >= 15 is 0 Å². The van der Waals surface area contributed by atoms with Crippen LogP contribution in [0.25, 0.3) is 0 Å². The molecule has 1 rings (SSSR count). The third-order valence-electron chi connectivity index (χ3n) is 1.78. The molecule has 13 heavy (non-hydrogen) atoms. The van der Waals surface area contributed by atoms with Crippen molar-refractivity contribution in [1.82, 2.24) is 0 Å². The Morgan fingerprint density at radius 1 is 1.46 bits per heavy atom. The fourth-order valence-electron chi connectivity index (χ4n) is 1.11. The van der Waals surface area contributed by atoms with Crippen LogP contribution in [-0.4, -0.2) is 5.11 Å². The van der Waals surface area contributed by atoms with E-state index in [1.165, 1.54) is 0 Å². The van der Waals surface area contributed by atoms with Gasteiger partial charge >= 0.3 is 0 Å². The van der Waals surface area contributed by atoms with Crippen molar-refractivity contribution >= 4 is 11.8 Å². The SMILES string of the molecule is CC(C)c1cc(SC#N)ccc1O. The molecule has 0 saturated heterocycles. The molecule has 0 amide bonds. The zero-order chi connectivity index (χ0) is 9.84. The van der Waals surface area contributed by atoms with Crippen molar-refractivity contribution in [2.45, 2.75) is 24.7 Å². The summed E-state index contributed by atoms with van der Waals surface area (Å²) in [4.78, 5) is 0.879. The lowest BCUT2D eigenvalue weighted by Crippen LogP contribution is -1.88. The molecule has 0 heterocycles. The first-order chi connectivity index (χ1) is 6.15. The number of nitrogens with zero attached hydrogens (tertiary/aromatic N) is 1. The molecule has 0 bridgehead atoms. The molecule has 1 aromatic rings. The van der Waals surface area contributed by atoms with Crippen LogP contribution in [0.1, 0.15) is 25.3 Å². The summed E-state index contributed by atoms with van der Waals surface area (Å²) in [7, 11) is 0. The van der Waals surface area contributed by atoms with Gasteiger partial charge < -0.3 is 5.11 Å². The van der Waals surface area contributed by atoms with E-state index in [0.717, 1.165) is 22.2 Å². The van der Waals surface area contributed by atoms with E-state index < -0.39 is 0 Å². The zero-order valence-corrected chi connectivity index (χ0v) is 8.43. The second-order valence-electron chi connectivity index (χ2n) is 3.07. The Hall–Kier alpha value is -1.14. The maximum atomic E-state index is 9.48. The lowest BCUT2D eigenvalue weighted by Gasteiger charge is -2.08. The maximum absolute atomic E-state index is 9.48. The van der Waals surface area contributed by atoms with Crippen LogP contribution in [-0.2, 0) is 0 Å². The van der Waals surface area contributed by atoms with Gasteiger partial charge in [0.15, 0.2) is 0 Å². The lowest BCUT2D eigenvalue weighted by atomic mass is 10.0. The standard InChI is InChI=1S/C10H11NOS/c1-7(2)9-5-8(13-6-11)3-4-10(9)12/h3-5,7,12H,1-2H3. The predicted octanol–water partition coefficient (Wildman–Crippen LogP) is 3.09. The van der Waals surface area contributed by atoms with Gasteiger partial charge in [-0.15, -0.1) is 0 Å². The first-order valence-corrected chi connectivity index (χ1v) is 4.85. The molecule has 0 atom stereocenters. The topological polar surface area (TPSA) is 44.0 Å². The highest BCUT2D eigenvalue weighted by atomic mass is 32.2. The zero-order valence-electron chi connectivity index (χ0n) is 7.61. The summed E-state index contributed by atoms with van der Waals surface area (Å²) in [5, 5.41) is 20.0. The van der Waals surface area contributed by atoms with Crippen molar-refractivity contribution in [2.75, 3.05) is 0 Å². The highest BCUT2D eigenvalue weighted by molar-refractivity contribution is 8.03. The molecule has 2 nitrogen and oxygen atoms in total. The molecule has 0 aliphatic heterocycles. The molecule has 1 aromatic carbocycles. The summed E-state index contributed by atoms with van der Waals surface area (Å²) < 4.78 is 0. The molecule has 0 aromatic heterocycles. The summed E-state index contributed by atoms with van der Waals surface area (Å²) in [5.41, 5.74) is 0.889. The van der Waals surface area contributed by atoms with Crippen molar-refractivity contribution in [3.8, 4) is 11.2 Å². The second kappa shape index (κ2) is 4.20. The van der Waals surface area contributed by atoms with Crippen LogP contribution in [0.2, 0.25) is 0 Å². The van der Waals surface area contributed by atoms with Crippen LogP contribution >= 0.6 is 11.8 Å². The van der Waals surface area contributed by atoms with Gasteiger partial charge in [-0.05, 0) is 41.4 Å². The Labute approximate surface area is 82.2 Å². The lowest BCUT2D eigenvalue weighted by molar-refractivity contribution is 0.464. The monoisotopic (exact) mass is 193 g/mol. The molecule has 68 valence electrons. The number of thiocyanates is 1. The average molecular weight is 193 g/mol. The van der Waals surface area contributed by atoms with E-state index in [9.17, 15) is 5.11 Å². The fraction of sp³-hybridized carbons (Fsp3) is 0.300. The molecule has 3 heteroatoms. The molecule has 0 saturated carbocycles. The van der Waals surface area contributed by atoms with Gasteiger partial charge in [0.05, 0.1) is 0 Å². The molecule has 0 radical (unpaired) electrons. The first kappa shape index (κ1) is 9.94.